The Bertz CT molecular complexity index is 739. The molecule has 1 saturated carbocycles. The van der Waals surface area contributed by atoms with Crippen LogP contribution in [0.5, 0.6) is 0 Å². The van der Waals surface area contributed by atoms with Crippen molar-refractivity contribution in [2.75, 3.05) is 26.2 Å². The number of imidazole rings is 1. The van der Waals surface area contributed by atoms with Gasteiger partial charge >= 0.3 is 0 Å². The molecule has 1 saturated heterocycles. The molecule has 3 N–H and O–H groups in total. The van der Waals surface area contributed by atoms with E-state index in [1.807, 2.05) is 18.5 Å². The van der Waals surface area contributed by atoms with Gasteiger partial charge in [0.05, 0.1) is 22.9 Å². The second-order valence-electron chi connectivity index (χ2n) is 7.29. The smallest absolute Gasteiger partial charge is 0.250 e. The minimum Gasteiger partial charge on any atom is -0.366 e. The molecule has 134 valence electrons. The number of primary amides is 1. The molecule has 1 aliphatic heterocycles. The number of rotatable bonds is 3. The minimum absolute atomic E-state index is 0.377. The number of amides is 1. The second-order valence-corrected chi connectivity index (χ2v) is 7.29. The van der Waals surface area contributed by atoms with Gasteiger partial charge in [0.15, 0.2) is 0 Å². The third-order valence-corrected chi connectivity index (χ3v) is 5.81. The second kappa shape index (κ2) is 7.14. The monoisotopic (exact) mass is 341 g/mol. The van der Waals surface area contributed by atoms with Crippen molar-refractivity contribution < 1.29 is 4.79 Å². The minimum atomic E-state index is -0.377. The first kappa shape index (κ1) is 16.5. The van der Waals surface area contributed by atoms with Gasteiger partial charge in [0.1, 0.15) is 0 Å². The van der Waals surface area contributed by atoms with Crippen molar-refractivity contribution >= 4 is 16.9 Å². The lowest BCUT2D eigenvalue weighted by molar-refractivity contribution is 0.100. The first-order valence-electron chi connectivity index (χ1n) is 9.44. The molecule has 4 rings (SSSR count). The maximum absolute atomic E-state index is 11.8. The summed E-state index contributed by atoms with van der Waals surface area (Å²) in [5.41, 5.74) is 7.92. The highest BCUT2D eigenvalue weighted by Gasteiger charge is 2.28. The quantitative estimate of drug-likeness (QED) is 0.894. The van der Waals surface area contributed by atoms with E-state index in [-0.39, 0.29) is 5.91 Å². The zero-order valence-electron chi connectivity index (χ0n) is 14.7. The Labute approximate surface area is 148 Å². The van der Waals surface area contributed by atoms with Crippen LogP contribution in [0.4, 0.5) is 0 Å². The number of hydrogen-bond donors (Lipinski definition) is 2. The number of nitrogens with two attached hydrogens (primary N) is 1. The van der Waals surface area contributed by atoms with Crippen LogP contribution in [0.25, 0.3) is 11.0 Å². The third-order valence-electron chi connectivity index (χ3n) is 5.81. The Morgan fingerprint density at radius 3 is 2.72 bits per heavy atom. The van der Waals surface area contributed by atoms with Crippen LogP contribution in [0.15, 0.2) is 24.5 Å². The fourth-order valence-electron chi connectivity index (χ4n) is 4.50. The van der Waals surface area contributed by atoms with Gasteiger partial charge in [-0.25, -0.2) is 4.98 Å². The standard InChI is InChI=1S/C19H27N5O/c20-19(25)16-3-1-4-17-18(16)24(13-22-17)15-7-5-14(6-8-15)23-11-2-9-21-10-12-23/h1,3-4,13-15,21H,2,5-12H2,(H2,20,25). The van der Waals surface area contributed by atoms with Gasteiger partial charge in [-0.3, -0.25) is 9.69 Å². The van der Waals surface area contributed by atoms with Crippen molar-refractivity contribution in [3.63, 3.8) is 0 Å². The number of carbonyl (C=O) groups is 1. The van der Waals surface area contributed by atoms with Gasteiger partial charge in [0.25, 0.3) is 5.91 Å². The van der Waals surface area contributed by atoms with Gasteiger partial charge in [-0.2, -0.15) is 0 Å². The molecule has 6 heteroatoms. The van der Waals surface area contributed by atoms with Crippen molar-refractivity contribution in [2.45, 2.75) is 44.2 Å². The fraction of sp³-hybridized carbons (Fsp3) is 0.579. The summed E-state index contributed by atoms with van der Waals surface area (Å²) in [7, 11) is 0. The van der Waals surface area contributed by atoms with Gasteiger partial charge in [0.2, 0.25) is 0 Å². The summed E-state index contributed by atoms with van der Waals surface area (Å²) in [4.78, 5) is 19.0. The van der Waals surface area contributed by atoms with Crippen molar-refractivity contribution in [1.29, 1.82) is 0 Å². The van der Waals surface area contributed by atoms with Crippen LogP contribution in [0.3, 0.4) is 0 Å². The molecule has 0 bridgehead atoms. The molecular weight excluding hydrogens is 314 g/mol. The Morgan fingerprint density at radius 2 is 1.92 bits per heavy atom. The predicted molar refractivity (Wildman–Crippen MR) is 98.6 cm³/mol. The lowest BCUT2D eigenvalue weighted by Gasteiger charge is -2.36. The molecule has 0 unspecified atom stereocenters. The lowest BCUT2D eigenvalue weighted by Crippen LogP contribution is -2.40. The molecule has 2 fully saturated rings. The molecule has 1 aliphatic carbocycles. The van der Waals surface area contributed by atoms with Crippen LogP contribution in [0.2, 0.25) is 0 Å². The molecule has 0 radical (unpaired) electrons. The van der Waals surface area contributed by atoms with Gasteiger partial charge in [-0.15, -0.1) is 0 Å². The van der Waals surface area contributed by atoms with E-state index in [2.05, 4.69) is 19.8 Å². The van der Waals surface area contributed by atoms with Crippen LogP contribution in [-0.2, 0) is 0 Å². The lowest BCUT2D eigenvalue weighted by atomic mass is 9.89. The Balaban J connectivity index is 1.51. The zero-order chi connectivity index (χ0) is 17.2. The number of nitrogens with zero attached hydrogens (tertiary/aromatic N) is 3. The normalized spacial score (nSPS) is 25.8. The summed E-state index contributed by atoms with van der Waals surface area (Å²) in [5, 5.41) is 3.49. The Morgan fingerprint density at radius 1 is 1.12 bits per heavy atom. The highest BCUT2D eigenvalue weighted by atomic mass is 16.1. The summed E-state index contributed by atoms with van der Waals surface area (Å²) >= 11 is 0. The molecule has 25 heavy (non-hydrogen) atoms. The number of carbonyl (C=O) groups excluding carboxylic acids is 1. The molecule has 1 amide bonds. The van der Waals surface area contributed by atoms with Crippen molar-refractivity contribution in [3.05, 3.63) is 30.1 Å². The molecule has 2 aromatic rings. The van der Waals surface area contributed by atoms with Crippen LogP contribution >= 0.6 is 0 Å². The number of hydrogen-bond acceptors (Lipinski definition) is 4. The van der Waals surface area contributed by atoms with E-state index in [0.29, 0.717) is 17.6 Å². The van der Waals surface area contributed by atoms with Crippen molar-refractivity contribution in [2.24, 2.45) is 5.73 Å². The Kier molecular flexibility index (Phi) is 4.72. The molecule has 0 spiro atoms. The van der Waals surface area contributed by atoms with E-state index in [9.17, 15) is 4.79 Å². The van der Waals surface area contributed by atoms with Gasteiger partial charge in [-0.1, -0.05) is 6.07 Å². The van der Waals surface area contributed by atoms with Crippen molar-refractivity contribution in [3.8, 4) is 0 Å². The number of benzene rings is 1. The first-order chi connectivity index (χ1) is 12.2. The summed E-state index contributed by atoms with van der Waals surface area (Å²) in [6, 6.07) is 6.71. The molecule has 6 nitrogen and oxygen atoms in total. The number of aromatic nitrogens is 2. The fourth-order valence-corrected chi connectivity index (χ4v) is 4.50. The highest BCUT2D eigenvalue weighted by molar-refractivity contribution is 6.04. The van der Waals surface area contributed by atoms with Gasteiger partial charge in [-0.05, 0) is 57.3 Å². The molecule has 0 atom stereocenters. The van der Waals surface area contributed by atoms with Crippen LogP contribution in [-0.4, -0.2) is 52.6 Å². The van der Waals surface area contributed by atoms with Crippen LogP contribution in [0.1, 0.15) is 48.5 Å². The zero-order valence-corrected chi connectivity index (χ0v) is 14.7. The van der Waals surface area contributed by atoms with E-state index in [1.165, 1.54) is 25.8 Å². The Hall–Kier alpha value is -1.92. The van der Waals surface area contributed by atoms with Crippen LogP contribution < -0.4 is 11.1 Å². The molecule has 2 heterocycles. The van der Waals surface area contributed by atoms with E-state index in [4.69, 9.17) is 5.73 Å². The number of nitrogens with one attached hydrogen (secondary N) is 1. The first-order valence-corrected chi connectivity index (χ1v) is 9.44. The van der Waals surface area contributed by atoms with Gasteiger partial charge < -0.3 is 15.6 Å². The molecule has 1 aromatic heterocycles. The van der Waals surface area contributed by atoms with E-state index >= 15 is 0 Å². The van der Waals surface area contributed by atoms with Crippen molar-refractivity contribution in [1.82, 2.24) is 19.8 Å². The highest BCUT2D eigenvalue weighted by Crippen LogP contribution is 2.34. The summed E-state index contributed by atoms with van der Waals surface area (Å²) in [6.45, 7) is 4.62. The number of para-hydroxylation sites is 1. The molecular formula is C19H27N5O. The van der Waals surface area contributed by atoms with Gasteiger partial charge in [0, 0.05) is 25.2 Å². The van der Waals surface area contributed by atoms with Crippen LogP contribution in [0, 0.1) is 0 Å². The SMILES string of the molecule is NC(=O)c1cccc2ncn(C3CCC(N4CCCNCC4)CC3)c12. The number of fused-ring (bicyclic) bond motifs is 1. The summed E-state index contributed by atoms with van der Waals surface area (Å²) in [6.07, 6.45) is 7.82. The molecule has 2 aliphatic rings. The van der Waals surface area contributed by atoms with E-state index in [0.717, 1.165) is 43.5 Å². The maximum atomic E-state index is 11.8. The summed E-state index contributed by atoms with van der Waals surface area (Å²) < 4.78 is 2.19. The maximum Gasteiger partial charge on any atom is 0.250 e. The van der Waals surface area contributed by atoms with E-state index < -0.39 is 0 Å². The largest absolute Gasteiger partial charge is 0.366 e. The summed E-state index contributed by atoms with van der Waals surface area (Å²) in [5.74, 6) is -0.377. The average Bonchev–Trinajstić information content (AvgIpc) is 2.88. The van der Waals surface area contributed by atoms with E-state index in [1.54, 1.807) is 6.07 Å². The third kappa shape index (κ3) is 3.28. The molecule has 1 aromatic carbocycles. The predicted octanol–water partition coefficient (Wildman–Crippen LogP) is 1.91. The average molecular weight is 341 g/mol. The topological polar surface area (TPSA) is 76.2 Å².